The van der Waals surface area contributed by atoms with E-state index >= 15 is 0 Å². The van der Waals surface area contributed by atoms with Crippen molar-refractivity contribution >= 4 is 76.2 Å². The summed E-state index contributed by atoms with van der Waals surface area (Å²) in [5.41, 5.74) is 1.75. The quantitative estimate of drug-likeness (QED) is 0.0154. The predicted molar refractivity (Wildman–Crippen MR) is 301 cm³/mol. The van der Waals surface area contributed by atoms with Crippen LogP contribution >= 0.6 is 11.8 Å². The van der Waals surface area contributed by atoms with Crippen molar-refractivity contribution in [1.29, 1.82) is 0 Å². The molecular formula is C55H73FN12O11S. The van der Waals surface area contributed by atoms with Crippen LogP contribution in [0.25, 0.3) is 0 Å². The van der Waals surface area contributed by atoms with E-state index in [1.807, 2.05) is 11.8 Å². The van der Waals surface area contributed by atoms with Crippen molar-refractivity contribution in [1.82, 2.24) is 46.4 Å². The number of nitrogens with zero attached hydrogens (tertiary/aromatic N) is 4. The second kappa shape index (κ2) is 34.5. The van der Waals surface area contributed by atoms with Crippen LogP contribution in [0.2, 0.25) is 0 Å². The molecule has 2 saturated heterocycles. The van der Waals surface area contributed by atoms with Gasteiger partial charge in [0.15, 0.2) is 11.6 Å². The van der Waals surface area contributed by atoms with Gasteiger partial charge in [0.2, 0.25) is 29.6 Å². The largest absolute Gasteiger partial charge is 0.457 e. The molecule has 2 aromatic heterocycles. The van der Waals surface area contributed by atoms with Gasteiger partial charge in [-0.15, -0.1) is 0 Å². The molecule has 4 aromatic rings. The number of fused-ring (bicyclic) bond motifs is 1. The third-order valence-corrected chi connectivity index (χ3v) is 13.8. The van der Waals surface area contributed by atoms with Crippen molar-refractivity contribution in [2.45, 2.75) is 75.1 Å². The SMILES string of the molecule is C=CC(=O)Nc1cccc(Nc2nc(Nc3ccc(Oc4ccnc(C(=O)N(C)CCOCCNC(=O)CCCC(=O)NCCCOCCOCCOCCCNC(=O)CCCC[C@@H]5SC[C@@H]6NC(=O)N[C@@H]65)c4)cc3)ncc2F)c1. The van der Waals surface area contributed by atoms with Crippen LogP contribution < -0.4 is 47.3 Å². The maximum Gasteiger partial charge on any atom is 0.315 e. The highest BCUT2D eigenvalue weighted by atomic mass is 32.2. The van der Waals surface area contributed by atoms with E-state index < -0.39 is 5.82 Å². The minimum absolute atomic E-state index is 0.0518. The van der Waals surface area contributed by atoms with Gasteiger partial charge in [0.25, 0.3) is 5.91 Å². The fourth-order valence-electron chi connectivity index (χ4n) is 8.14. The Labute approximate surface area is 469 Å². The molecule has 2 fully saturated rings. The molecule has 2 aliphatic rings. The molecule has 0 radical (unpaired) electrons. The molecule has 3 atom stereocenters. The predicted octanol–water partition coefficient (Wildman–Crippen LogP) is 5.58. The number of carbonyl (C=O) groups excluding carboxylic acids is 6. The molecule has 0 aliphatic carbocycles. The van der Waals surface area contributed by atoms with Gasteiger partial charge in [0.05, 0.1) is 57.9 Å². The Morgan fingerprint density at radius 2 is 1.39 bits per heavy atom. The standard InChI is InChI=1S/C55H73FN12O11S/c1-3-47(69)62-39-10-6-11-40(34-39)63-52-43(56)36-61-54(67-52)64-38-16-18-41(19-17-38)79-42-20-23-57-44(35-42)53(73)68(2)25-29-77-28-24-60-50(72)15-7-14-49(71)59-22-9-27-76-31-33-78-32-30-75-26-8-21-58-48(70)13-5-4-12-46-51-45(37-80-46)65-55(74)66-51/h3,6,10-11,16-20,23,34-36,45-46,51H,1,4-5,7-9,12-15,21-22,24-33,37H2,2H3,(H,58,70)(H,59,71)(H,60,72)(H,62,69)(H2,65,66,74)(H2,61,63,64,67)/t45-,46-,51-/m0/s1. The number of hydrogen-bond donors (Lipinski definition) is 8. The number of amides is 7. The van der Waals surface area contributed by atoms with Gasteiger partial charge < -0.3 is 71.1 Å². The van der Waals surface area contributed by atoms with Gasteiger partial charge >= 0.3 is 6.03 Å². The van der Waals surface area contributed by atoms with Gasteiger partial charge in [-0.2, -0.15) is 16.7 Å². The summed E-state index contributed by atoms with van der Waals surface area (Å²) in [6, 6.07) is 17.0. The zero-order chi connectivity index (χ0) is 56.7. The van der Waals surface area contributed by atoms with E-state index in [0.29, 0.717) is 106 Å². The molecule has 0 unspecified atom stereocenters. The summed E-state index contributed by atoms with van der Waals surface area (Å²) < 4.78 is 42.9. The summed E-state index contributed by atoms with van der Waals surface area (Å²) in [6.45, 7) is 8.26. The average molecular weight is 1130 g/mol. The average Bonchev–Trinajstić information content (AvgIpc) is 4.04. The number of carbonyl (C=O) groups is 6. The molecule has 6 rings (SSSR count). The van der Waals surface area contributed by atoms with E-state index in [1.165, 1.54) is 17.2 Å². The molecule has 0 bridgehead atoms. The molecular weight excluding hydrogens is 1060 g/mol. The molecule has 0 spiro atoms. The first-order valence-corrected chi connectivity index (χ1v) is 27.9. The van der Waals surface area contributed by atoms with Crippen molar-refractivity contribution in [3.8, 4) is 11.5 Å². The molecule has 25 heteroatoms. The number of nitrogens with one attached hydrogen (secondary N) is 8. The number of halogens is 1. The zero-order valence-electron chi connectivity index (χ0n) is 45.1. The van der Waals surface area contributed by atoms with Crippen LogP contribution in [0, 0.1) is 5.82 Å². The number of thioether (sulfide) groups is 1. The van der Waals surface area contributed by atoms with Gasteiger partial charge in [-0.05, 0) is 86.7 Å². The topological polar surface area (TPSA) is 287 Å². The Morgan fingerprint density at radius 3 is 2.10 bits per heavy atom. The zero-order valence-corrected chi connectivity index (χ0v) is 45.9. The number of pyridine rings is 1. The molecule has 2 aromatic carbocycles. The smallest absolute Gasteiger partial charge is 0.315 e. The van der Waals surface area contributed by atoms with Crippen LogP contribution in [-0.2, 0) is 38.1 Å². The van der Waals surface area contributed by atoms with E-state index in [-0.39, 0.29) is 104 Å². The highest BCUT2D eigenvalue weighted by Gasteiger charge is 2.42. The number of unbranched alkanes of at least 4 members (excludes halogenated alkanes) is 1. The lowest BCUT2D eigenvalue weighted by molar-refractivity contribution is -0.123. The normalized spacial score (nSPS) is 15.2. The number of rotatable bonds is 38. The van der Waals surface area contributed by atoms with Gasteiger partial charge in [-0.3, -0.25) is 29.0 Å². The van der Waals surface area contributed by atoms with Crippen molar-refractivity contribution < 1.29 is 56.8 Å². The van der Waals surface area contributed by atoms with Crippen molar-refractivity contribution in [2.75, 3.05) is 108 Å². The Hall–Kier alpha value is -7.45. The van der Waals surface area contributed by atoms with E-state index in [9.17, 15) is 33.2 Å². The van der Waals surface area contributed by atoms with Gasteiger partial charge in [0.1, 0.15) is 17.2 Å². The number of likely N-dealkylation sites (N-methyl/N-ethyl adjacent to an activating group) is 1. The summed E-state index contributed by atoms with van der Waals surface area (Å²) in [4.78, 5) is 87.0. The maximum absolute atomic E-state index is 14.6. The van der Waals surface area contributed by atoms with Crippen LogP contribution in [0.15, 0.2) is 85.7 Å². The first-order valence-electron chi connectivity index (χ1n) is 26.8. The highest BCUT2D eigenvalue weighted by molar-refractivity contribution is 8.00. The summed E-state index contributed by atoms with van der Waals surface area (Å²) >= 11 is 1.89. The number of urea groups is 1. The lowest BCUT2D eigenvalue weighted by Crippen LogP contribution is -2.36. The summed E-state index contributed by atoms with van der Waals surface area (Å²) in [5.74, 6) is 0.191. The summed E-state index contributed by atoms with van der Waals surface area (Å²) in [5, 5.41) is 23.5. The van der Waals surface area contributed by atoms with Crippen LogP contribution in [0.5, 0.6) is 11.5 Å². The fraction of sp³-hybridized carbons (Fsp3) is 0.473. The van der Waals surface area contributed by atoms with Crippen LogP contribution in [-0.4, -0.2) is 165 Å². The Morgan fingerprint density at radius 1 is 0.725 bits per heavy atom. The fourth-order valence-corrected chi connectivity index (χ4v) is 9.68. The van der Waals surface area contributed by atoms with Gasteiger partial charge in [-0.1, -0.05) is 19.1 Å². The molecule has 2 aliphatic heterocycles. The molecule has 23 nitrogen and oxygen atoms in total. The lowest BCUT2D eigenvalue weighted by Gasteiger charge is -2.17. The van der Waals surface area contributed by atoms with Crippen molar-refractivity contribution in [3.63, 3.8) is 0 Å². The van der Waals surface area contributed by atoms with Gasteiger partial charge in [0, 0.05) is 106 Å². The molecule has 8 N–H and O–H groups in total. The van der Waals surface area contributed by atoms with E-state index in [0.717, 1.165) is 43.7 Å². The Bertz CT molecular complexity index is 2640. The third-order valence-electron chi connectivity index (χ3n) is 12.3. The molecule has 4 heterocycles. The molecule has 0 saturated carbocycles. The summed E-state index contributed by atoms with van der Waals surface area (Å²) in [7, 11) is 1.63. The van der Waals surface area contributed by atoms with Crippen molar-refractivity contribution in [3.05, 3.63) is 97.2 Å². The Kier molecular flexibility index (Phi) is 26.7. The number of aromatic nitrogens is 3. The van der Waals surface area contributed by atoms with Crippen LogP contribution in [0.3, 0.4) is 0 Å². The maximum atomic E-state index is 14.6. The first-order chi connectivity index (χ1) is 38.9. The second-order valence-electron chi connectivity index (χ2n) is 18.6. The lowest BCUT2D eigenvalue weighted by atomic mass is 10.0. The van der Waals surface area contributed by atoms with E-state index in [1.54, 1.807) is 61.6 Å². The minimum atomic E-state index is -0.679. The molecule has 7 amide bonds. The highest BCUT2D eigenvalue weighted by Crippen LogP contribution is 2.33. The van der Waals surface area contributed by atoms with Gasteiger partial charge in [-0.25, -0.2) is 14.2 Å². The van der Waals surface area contributed by atoms with Crippen LogP contribution in [0.1, 0.15) is 68.3 Å². The monoisotopic (exact) mass is 1130 g/mol. The van der Waals surface area contributed by atoms with E-state index in [2.05, 4.69) is 64.1 Å². The number of anilines is 5. The summed E-state index contributed by atoms with van der Waals surface area (Å²) in [6.07, 6.45) is 9.15. The first kappa shape index (κ1) is 61.8. The van der Waals surface area contributed by atoms with E-state index in [4.69, 9.17) is 23.7 Å². The van der Waals surface area contributed by atoms with Crippen molar-refractivity contribution in [2.24, 2.45) is 0 Å². The Balaban J connectivity index is 0.704. The molecule has 432 valence electrons. The molecule has 80 heavy (non-hydrogen) atoms. The number of ether oxygens (including phenoxy) is 5. The minimum Gasteiger partial charge on any atom is -0.457 e. The number of benzene rings is 2. The van der Waals surface area contributed by atoms with Crippen LogP contribution in [0.4, 0.5) is 38.0 Å². The third kappa shape index (κ3) is 22.7. The second-order valence-corrected chi connectivity index (χ2v) is 19.8. The number of hydrogen-bond acceptors (Lipinski definition) is 17.